The highest BCUT2D eigenvalue weighted by molar-refractivity contribution is 7.48. The predicted molar refractivity (Wildman–Crippen MR) is 263 cm³/mol. The van der Waals surface area contributed by atoms with Crippen LogP contribution >= 0.6 is 86.0 Å². The third-order valence-corrected chi connectivity index (χ3v) is 19.2. The molecule has 0 bridgehead atoms. The Bertz CT molecular complexity index is 2500. The van der Waals surface area contributed by atoms with Crippen molar-refractivity contribution in [3.63, 3.8) is 0 Å². The van der Waals surface area contributed by atoms with Crippen LogP contribution < -0.4 is 59.1 Å². The lowest BCUT2D eigenvalue weighted by atomic mass is 10.1. The van der Waals surface area contributed by atoms with E-state index in [4.69, 9.17) is 10.00 Å². The Labute approximate surface area is 502 Å². The number of phosphoric ester groups is 11. The van der Waals surface area contributed by atoms with Gasteiger partial charge in [0.05, 0.1) is 139 Å². The van der Waals surface area contributed by atoms with Crippen LogP contribution in [0.4, 0.5) is 0 Å². The Kier molecular flexibility index (Phi) is 44.7. The molecule has 0 amide bonds. The van der Waals surface area contributed by atoms with Crippen LogP contribution in [-0.4, -0.2) is 169 Å². The molecule has 0 radical (unpaired) electrons. The van der Waals surface area contributed by atoms with Crippen LogP contribution in [0.2, 0.25) is 0 Å². The first-order valence-electron chi connectivity index (χ1n) is 24.4. The van der Waals surface area contributed by atoms with Crippen molar-refractivity contribution in [1.29, 1.82) is 0 Å². The molecule has 0 fully saturated rings. The molecule has 14 unspecified atom stereocenters. The second kappa shape index (κ2) is 44.1. The average molecular weight is 1510 g/mol. The number of rotatable bonds is 60. The highest BCUT2D eigenvalue weighted by atomic mass is 31.2. The second-order valence-corrected chi connectivity index (χ2v) is 31.2. The summed E-state index contributed by atoms with van der Waals surface area (Å²) >= 11 is 0. The topological polar surface area (TPSA) is 688 Å². The van der Waals surface area contributed by atoms with Gasteiger partial charge in [0, 0.05) is 30.9 Å². The molecular weight excluding hydrogens is 1450 g/mol. The molecule has 0 heterocycles. The fourth-order valence-corrected chi connectivity index (χ4v) is 12.3. The summed E-state index contributed by atoms with van der Waals surface area (Å²) in [6.07, 6.45) is 0.532. The van der Waals surface area contributed by atoms with E-state index in [1.807, 2.05) is 0 Å². The zero-order valence-electron chi connectivity index (χ0n) is 46.3. The van der Waals surface area contributed by atoms with Gasteiger partial charge >= 0.3 is 0 Å². The normalized spacial score (nSPS) is 21.0. The minimum atomic E-state index is -5.30. The predicted octanol–water partition coefficient (Wildman–Crippen LogP) is -4.64. The van der Waals surface area contributed by atoms with Crippen molar-refractivity contribution in [3.05, 3.63) is 0 Å². The third-order valence-electron chi connectivity index (χ3n) is 8.91. The van der Waals surface area contributed by atoms with Gasteiger partial charge in [0.15, 0.2) is 0 Å². The van der Waals surface area contributed by atoms with E-state index in [0.717, 1.165) is 0 Å². The summed E-state index contributed by atoms with van der Waals surface area (Å²) in [6, 6.07) is 0. The first-order valence-corrected chi connectivity index (χ1v) is 40.5. The van der Waals surface area contributed by atoms with E-state index >= 15 is 0 Å². The van der Waals surface area contributed by atoms with E-state index in [1.165, 1.54) is 14.0 Å². The molecule has 3 N–H and O–H groups in total. The van der Waals surface area contributed by atoms with Crippen LogP contribution in [-0.2, 0) is 145 Å². The first kappa shape index (κ1) is 89.1. The number of aliphatic hydroxyl groups is 1. The molecule has 88 heavy (non-hydrogen) atoms. The Morgan fingerprint density at radius 1 is 0.284 bits per heavy atom. The lowest BCUT2D eigenvalue weighted by Gasteiger charge is -2.29. The van der Waals surface area contributed by atoms with Gasteiger partial charge in [0.25, 0.3) is 86.0 Å². The highest BCUT2D eigenvalue weighted by Gasteiger charge is 2.23. The molecule has 0 aliphatic rings. The molecule has 14 atom stereocenters. The molecule has 0 rings (SSSR count). The van der Waals surface area contributed by atoms with Crippen LogP contribution in [0, 0.1) is 17.8 Å². The monoisotopic (exact) mass is 1510 g/mol. The molecule has 530 valence electrons. The number of nitrogens with one attached hydrogen (secondary N) is 1. The van der Waals surface area contributed by atoms with Gasteiger partial charge in [-0.15, -0.1) is 0 Å². The van der Waals surface area contributed by atoms with E-state index in [0.29, 0.717) is 6.42 Å². The maximum Gasteiger partial charge on any atom is 0.268 e. The summed E-state index contributed by atoms with van der Waals surface area (Å²) in [6.45, 7) is -16.6. The summed E-state index contributed by atoms with van der Waals surface area (Å²) in [7, 11) is -55.7. The molecule has 0 aromatic rings. The van der Waals surface area contributed by atoms with Gasteiger partial charge < -0.3 is 164 Å². The SMILES string of the molecule is CCC(CO)COP(=O)([O-])OCCOP(=O)([O-])OCCOP(=O)([O-])OCCOP(=O)([O-])OCCOP(=O)([O-])OCC(CNC)COP(=O)([O-])OCCOP(=O)([O-])OCCOP(=O)([O-])OCCOP(=O)([O-])OCCOP(=O)([O-])OCC(CC)COP(=O)([O-])O. The fraction of sp³-hybridized carbons (Fsp3) is 1.00. The molecule has 57 heteroatoms. The Hall–Kier alpha value is 1.13. The highest BCUT2D eigenvalue weighted by Crippen LogP contribution is 2.47. The van der Waals surface area contributed by atoms with Gasteiger partial charge in [-0.25, -0.2) is 0 Å². The van der Waals surface area contributed by atoms with Crippen molar-refractivity contribution in [2.45, 2.75) is 26.7 Å². The van der Waals surface area contributed by atoms with Crippen molar-refractivity contribution in [1.82, 2.24) is 5.32 Å². The maximum atomic E-state index is 12.2. The van der Waals surface area contributed by atoms with Crippen molar-refractivity contribution >= 4 is 86.0 Å². The quantitative estimate of drug-likeness (QED) is 0.0381. The first-order chi connectivity index (χ1) is 40.4. The molecule has 0 saturated carbocycles. The van der Waals surface area contributed by atoms with Crippen molar-refractivity contribution in [3.8, 4) is 0 Å². The molecule has 0 aromatic carbocycles. The second-order valence-electron chi connectivity index (χ2n) is 15.9. The zero-order chi connectivity index (χ0) is 67.5. The Morgan fingerprint density at radius 3 is 0.602 bits per heavy atom. The summed E-state index contributed by atoms with van der Waals surface area (Å²) in [5.74, 6) is -2.43. The number of hydrogen-bond donors (Lipinski definition) is 3. The smallest absolute Gasteiger partial charge is 0.268 e. The van der Waals surface area contributed by atoms with Gasteiger partial charge in [-0.05, 0) is 19.9 Å². The molecule has 0 spiro atoms. The third kappa shape index (κ3) is 51.4. The van der Waals surface area contributed by atoms with Crippen LogP contribution in [0.5, 0.6) is 0 Å². The minimum absolute atomic E-state index is 0.145. The summed E-state index contributed by atoms with van der Waals surface area (Å²) in [5, 5.41) is 11.6. The maximum absolute atomic E-state index is 12.2. The zero-order valence-corrected chi connectivity index (χ0v) is 56.1. The van der Waals surface area contributed by atoms with Gasteiger partial charge in [0.1, 0.15) is 0 Å². The summed E-state index contributed by atoms with van der Waals surface area (Å²) in [5.41, 5.74) is 0. The lowest BCUT2D eigenvalue weighted by molar-refractivity contribution is -0.238. The van der Waals surface area contributed by atoms with Crippen LogP contribution in [0.15, 0.2) is 0 Å². The molecule has 0 aromatic heterocycles. The average Bonchev–Trinajstić information content (AvgIpc) is 3.46. The summed E-state index contributed by atoms with van der Waals surface area (Å²) < 4.78 is 222. The van der Waals surface area contributed by atoms with Gasteiger partial charge in [-0.3, -0.25) is 50.2 Å². The van der Waals surface area contributed by atoms with E-state index in [-0.39, 0.29) is 19.6 Å². The molecular formula is C31H65NO45P11-11. The van der Waals surface area contributed by atoms with E-state index in [9.17, 15) is 104 Å². The molecule has 46 nitrogen and oxygen atoms in total. The lowest BCUT2D eigenvalue weighted by Crippen LogP contribution is -2.28. The fourth-order valence-electron chi connectivity index (χ4n) is 4.78. The van der Waals surface area contributed by atoms with E-state index < -0.39 is 243 Å². The van der Waals surface area contributed by atoms with Gasteiger partial charge in [-0.1, -0.05) is 13.8 Å². The van der Waals surface area contributed by atoms with Crippen LogP contribution in [0.3, 0.4) is 0 Å². The van der Waals surface area contributed by atoms with Crippen molar-refractivity contribution in [2.75, 3.05) is 159 Å². The number of hydrogen-bond acceptors (Lipinski definition) is 45. The Balaban J connectivity index is 4.46. The molecule has 0 aliphatic carbocycles. The van der Waals surface area contributed by atoms with Crippen molar-refractivity contribution < 1.29 is 209 Å². The van der Waals surface area contributed by atoms with Crippen LogP contribution in [0.1, 0.15) is 26.7 Å². The number of phosphoric acid groups is 11. The van der Waals surface area contributed by atoms with Crippen molar-refractivity contribution in [2.24, 2.45) is 17.8 Å². The largest absolute Gasteiger partial charge is 0.756 e. The van der Waals surface area contributed by atoms with E-state index in [1.54, 1.807) is 6.92 Å². The van der Waals surface area contributed by atoms with Crippen LogP contribution in [0.25, 0.3) is 0 Å². The standard InChI is InChI=1S/C31H76NO45P11/c1-4-29(23-33)24-74-85(49,50)69-18-14-65-81(41,42)61-10-6-57-79(37,38)59-8-12-63-83(45,46)67-16-20-71-87(53,54)76-27-31(22-32-3)28-77-88(55,56)72-21-17-68-84(47,48)64-13-9-60-80(39,40)58-7-11-62-82(43,44)66-15-19-70-86(51,52)75-26-30(5-2)25-73-78(34,35)36/h29-33H,4-28H2,1-3H3,(H,37,38)(H,39,40)(H,41,42)(H,43,44)(H,45,46)(H,47,48)(H,49,50)(H,51,52)(H,53,54)(H,55,56)(H2,34,35,36)/p-11. The van der Waals surface area contributed by atoms with Gasteiger partial charge in [0.2, 0.25) is 0 Å². The minimum Gasteiger partial charge on any atom is -0.756 e. The summed E-state index contributed by atoms with van der Waals surface area (Å²) in [4.78, 5) is 139. The van der Waals surface area contributed by atoms with Gasteiger partial charge in [-0.2, -0.15) is 0 Å². The molecule has 0 aliphatic heterocycles. The Morgan fingerprint density at radius 2 is 0.443 bits per heavy atom. The van der Waals surface area contributed by atoms with E-state index in [2.05, 4.69) is 100 Å². The number of aliphatic hydroxyl groups excluding tert-OH is 1. The molecule has 0 saturated heterocycles.